The van der Waals surface area contributed by atoms with Gasteiger partial charge in [0.2, 0.25) is 0 Å². The lowest BCUT2D eigenvalue weighted by atomic mass is 9.99. The number of benzene rings is 2. The number of anilines is 2. The fraction of sp³-hybridized carbons (Fsp3) is 0.300. The summed E-state index contributed by atoms with van der Waals surface area (Å²) in [6.45, 7) is 2.77. The van der Waals surface area contributed by atoms with Crippen molar-refractivity contribution in [2.75, 3.05) is 36.4 Å². The first-order valence-electron chi connectivity index (χ1n) is 14.1. The van der Waals surface area contributed by atoms with Crippen molar-refractivity contribution >= 4 is 40.1 Å². The number of hydrogen-bond donors (Lipinski definition) is 2. The van der Waals surface area contributed by atoms with E-state index in [9.17, 15) is 19.5 Å². The normalized spacial score (nSPS) is 16.8. The van der Waals surface area contributed by atoms with Crippen LogP contribution in [0.2, 0.25) is 0 Å². The van der Waals surface area contributed by atoms with E-state index in [0.29, 0.717) is 42.6 Å². The van der Waals surface area contributed by atoms with Crippen molar-refractivity contribution in [2.45, 2.75) is 32.0 Å². The van der Waals surface area contributed by atoms with Gasteiger partial charge >= 0.3 is 6.09 Å². The van der Waals surface area contributed by atoms with Gasteiger partial charge in [0, 0.05) is 66.8 Å². The number of rotatable bonds is 6. The predicted octanol–water partition coefficient (Wildman–Crippen LogP) is 4.23. The standard InChI is InChI=1S/C30H28FN7O4S/c31-23-15-19(18-3-5-20(6-4-18)35-9-11-36(12-10-35)30(41)42)14-21-22(23)16-38(28(21)40)26(27(39)34-29-32-7-13-43-29)25-24-2-1-8-37(24)17-33-25/h3-7,13-15,17,26H,1-2,8-12,16H2,(H,41,42)(H,32,34,39). The van der Waals surface area contributed by atoms with Crippen molar-refractivity contribution in [3.63, 3.8) is 0 Å². The second-order valence-electron chi connectivity index (χ2n) is 10.8. The number of hydrogen-bond acceptors (Lipinski definition) is 7. The summed E-state index contributed by atoms with van der Waals surface area (Å²) in [5.41, 5.74) is 4.14. The number of carboxylic acid groups (broad SMARTS) is 1. The lowest BCUT2D eigenvalue weighted by molar-refractivity contribution is -0.121. The zero-order valence-corrected chi connectivity index (χ0v) is 23.9. The maximum absolute atomic E-state index is 15.6. The van der Waals surface area contributed by atoms with Crippen molar-refractivity contribution < 1.29 is 23.9 Å². The van der Waals surface area contributed by atoms with E-state index in [1.807, 2.05) is 28.8 Å². The van der Waals surface area contributed by atoms with Crippen molar-refractivity contribution in [1.29, 1.82) is 0 Å². The van der Waals surface area contributed by atoms with Crippen molar-refractivity contribution in [2.24, 2.45) is 0 Å². The summed E-state index contributed by atoms with van der Waals surface area (Å²) in [6, 6.07) is 9.66. The molecule has 5 heterocycles. The van der Waals surface area contributed by atoms with Gasteiger partial charge in [-0.3, -0.25) is 14.9 Å². The van der Waals surface area contributed by atoms with Gasteiger partial charge in [0.25, 0.3) is 11.8 Å². The molecule has 220 valence electrons. The topological polar surface area (TPSA) is 124 Å². The molecule has 2 aromatic heterocycles. The SMILES string of the molecule is O=C(Nc1nccs1)C(c1ncn2c1CCC2)N1Cc2c(F)cc(-c3ccc(N4CCN(C(=O)O)CC4)cc3)cc2C1=O. The summed E-state index contributed by atoms with van der Waals surface area (Å²) in [7, 11) is 0. The number of thiazole rings is 1. The first-order valence-corrected chi connectivity index (χ1v) is 15.0. The van der Waals surface area contributed by atoms with Gasteiger partial charge in [-0.25, -0.2) is 19.2 Å². The lowest BCUT2D eigenvalue weighted by Gasteiger charge is -2.34. The van der Waals surface area contributed by atoms with Crippen molar-refractivity contribution in [1.82, 2.24) is 24.3 Å². The molecule has 2 N–H and O–H groups in total. The molecule has 3 amide bonds. The molecule has 11 nitrogen and oxygen atoms in total. The number of amides is 3. The van der Waals surface area contributed by atoms with E-state index in [-0.39, 0.29) is 17.7 Å². The Balaban J connectivity index is 1.16. The fourth-order valence-corrected chi connectivity index (χ4v) is 6.72. The van der Waals surface area contributed by atoms with E-state index in [2.05, 4.69) is 20.2 Å². The molecular formula is C30H28FN7O4S. The largest absolute Gasteiger partial charge is 0.465 e. The Bertz CT molecular complexity index is 1710. The predicted molar refractivity (Wildman–Crippen MR) is 158 cm³/mol. The molecule has 4 aromatic rings. The molecule has 13 heteroatoms. The van der Waals surface area contributed by atoms with E-state index >= 15 is 4.39 Å². The maximum atomic E-state index is 15.6. The highest BCUT2D eigenvalue weighted by atomic mass is 32.1. The molecule has 0 aliphatic carbocycles. The van der Waals surface area contributed by atoms with Crippen LogP contribution in [-0.2, 0) is 24.3 Å². The van der Waals surface area contributed by atoms with Gasteiger partial charge in [-0.15, -0.1) is 11.3 Å². The number of halogens is 1. The van der Waals surface area contributed by atoms with Gasteiger partial charge in [0.05, 0.1) is 18.6 Å². The molecule has 1 fully saturated rings. The van der Waals surface area contributed by atoms with Crippen LogP contribution in [0.4, 0.5) is 20.0 Å². The van der Waals surface area contributed by atoms with Gasteiger partial charge in [-0.1, -0.05) is 12.1 Å². The smallest absolute Gasteiger partial charge is 0.407 e. The van der Waals surface area contributed by atoms with Crippen LogP contribution in [0.5, 0.6) is 0 Å². The van der Waals surface area contributed by atoms with E-state index in [1.54, 1.807) is 24.0 Å². The molecule has 1 atom stereocenters. The Labute approximate surface area is 250 Å². The van der Waals surface area contributed by atoms with Crippen LogP contribution in [0.25, 0.3) is 11.1 Å². The molecular weight excluding hydrogens is 573 g/mol. The first kappa shape index (κ1) is 27.1. The molecule has 1 unspecified atom stereocenters. The molecule has 0 bridgehead atoms. The van der Waals surface area contributed by atoms with Crippen LogP contribution in [0, 0.1) is 5.82 Å². The minimum absolute atomic E-state index is 0.0518. The Hall–Kier alpha value is -4.78. The number of imidazole rings is 1. The highest BCUT2D eigenvalue weighted by molar-refractivity contribution is 7.13. The fourth-order valence-electron chi connectivity index (χ4n) is 6.19. The van der Waals surface area contributed by atoms with Crippen LogP contribution >= 0.6 is 11.3 Å². The van der Waals surface area contributed by atoms with Crippen LogP contribution in [-0.4, -0.2) is 73.5 Å². The van der Waals surface area contributed by atoms with E-state index in [0.717, 1.165) is 36.3 Å². The molecule has 7 rings (SSSR count). The van der Waals surface area contributed by atoms with E-state index < -0.39 is 29.8 Å². The van der Waals surface area contributed by atoms with E-state index in [1.165, 1.54) is 27.2 Å². The summed E-state index contributed by atoms with van der Waals surface area (Å²) in [5.74, 6) is -1.38. The third kappa shape index (κ3) is 4.88. The van der Waals surface area contributed by atoms with Crippen LogP contribution in [0.1, 0.15) is 39.8 Å². The number of aromatic nitrogens is 3. The van der Waals surface area contributed by atoms with Crippen molar-refractivity contribution in [3.05, 3.63) is 82.6 Å². The number of carbonyl (C=O) groups is 3. The monoisotopic (exact) mass is 601 g/mol. The number of piperazine rings is 1. The molecule has 2 aromatic carbocycles. The summed E-state index contributed by atoms with van der Waals surface area (Å²) in [6.07, 6.45) is 4.04. The third-order valence-corrected chi connectivity index (χ3v) is 9.09. The molecule has 3 aliphatic rings. The average Bonchev–Trinajstić information content (AvgIpc) is 3.82. The summed E-state index contributed by atoms with van der Waals surface area (Å²) >= 11 is 1.27. The number of nitrogens with zero attached hydrogens (tertiary/aromatic N) is 6. The summed E-state index contributed by atoms with van der Waals surface area (Å²) in [4.78, 5) is 52.4. The number of carbonyl (C=O) groups excluding carboxylic acids is 2. The second-order valence-corrected chi connectivity index (χ2v) is 11.7. The highest BCUT2D eigenvalue weighted by Crippen LogP contribution is 2.38. The van der Waals surface area contributed by atoms with Crippen LogP contribution in [0.3, 0.4) is 0 Å². The summed E-state index contributed by atoms with van der Waals surface area (Å²) in [5, 5.41) is 14.2. The Kier molecular flexibility index (Phi) is 6.80. The zero-order chi connectivity index (χ0) is 29.7. The molecule has 1 saturated heterocycles. The average molecular weight is 602 g/mol. The lowest BCUT2D eigenvalue weighted by Crippen LogP contribution is -2.48. The molecule has 3 aliphatic heterocycles. The Morgan fingerprint density at radius 1 is 1.02 bits per heavy atom. The van der Waals surface area contributed by atoms with Crippen molar-refractivity contribution in [3.8, 4) is 11.1 Å². The maximum Gasteiger partial charge on any atom is 0.407 e. The number of nitrogens with one attached hydrogen (secondary N) is 1. The van der Waals surface area contributed by atoms with Crippen LogP contribution in [0.15, 0.2) is 54.3 Å². The zero-order valence-electron chi connectivity index (χ0n) is 23.1. The third-order valence-electron chi connectivity index (χ3n) is 8.40. The van der Waals surface area contributed by atoms with Gasteiger partial charge in [-0.2, -0.15) is 0 Å². The van der Waals surface area contributed by atoms with Gasteiger partial charge in [0.15, 0.2) is 11.2 Å². The molecule has 0 spiro atoms. The molecule has 0 saturated carbocycles. The minimum Gasteiger partial charge on any atom is -0.465 e. The minimum atomic E-state index is -1.04. The number of aryl methyl sites for hydroxylation is 1. The Morgan fingerprint density at radius 3 is 2.53 bits per heavy atom. The highest BCUT2D eigenvalue weighted by Gasteiger charge is 2.42. The van der Waals surface area contributed by atoms with Gasteiger partial charge in [0.1, 0.15) is 5.82 Å². The van der Waals surface area contributed by atoms with Gasteiger partial charge in [-0.05, 0) is 48.2 Å². The summed E-state index contributed by atoms with van der Waals surface area (Å²) < 4.78 is 17.6. The first-order chi connectivity index (χ1) is 20.9. The second kappa shape index (κ2) is 10.8. The van der Waals surface area contributed by atoms with E-state index in [4.69, 9.17) is 0 Å². The molecule has 43 heavy (non-hydrogen) atoms. The van der Waals surface area contributed by atoms with Gasteiger partial charge < -0.3 is 24.4 Å². The van der Waals surface area contributed by atoms with Crippen LogP contribution < -0.4 is 10.2 Å². The Morgan fingerprint density at radius 2 is 1.81 bits per heavy atom. The quantitative estimate of drug-likeness (QED) is 0.339. The number of fused-ring (bicyclic) bond motifs is 2. The molecule has 0 radical (unpaired) electrons.